The zero-order valence-electron chi connectivity index (χ0n) is 29.3. The van der Waals surface area contributed by atoms with Crippen molar-refractivity contribution in [1.29, 1.82) is 0 Å². The summed E-state index contributed by atoms with van der Waals surface area (Å²) < 4.78 is 58.9. The Morgan fingerprint density at radius 3 is 1.89 bits per heavy atom. The summed E-state index contributed by atoms with van der Waals surface area (Å²) in [6, 6.07) is 21.1. The summed E-state index contributed by atoms with van der Waals surface area (Å²) in [4.78, 5) is 30.9. The molecule has 0 saturated heterocycles. The highest BCUT2D eigenvalue weighted by atomic mass is 32.2. The van der Waals surface area contributed by atoms with E-state index in [2.05, 4.69) is 16.7 Å². The Morgan fingerprint density at radius 1 is 0.717 bits per heavy atom. The highest BCUT2D eigenvalue weighted by Crippen LogP contribution is 2.43. The van der Waals surface area contributed by atoms with E-state index in [1.807, 2.05) is 41.3 Å². The van der Waals surface area contributed by atoms with Crippen LogP contribution in [-0.2, 0) is 23.0 Å². The zero-order valence-corrected chi connectivity index (χ0v) is 30.1. The van der Waals surface area contributed by atoms with Gasteiger partial charge in [-0.15, -0.1) is 0 Å². The molecule has 0 spiro atoms. The van der Waals surface area contributed by atoms with E-state index in [9.17, 15) is 22.6 Å². The van der Waals surface area contributed by atoms with Gasteiger partial charge in [-0.2, -0.15) is 8.42 Å². The van der Waals surface area contributed by atoms with E-state index in [1.165, 1.54) is 23.6 Å². The van der Waals surface area contributed by atoms with Crippen molar-refractivity contribution in [2.24, 2.45) is 0 Å². The number of para-hydroxylation sites is 2. The molecule has 0 fully saturated rings. The molecular formula is C39H40N4O9S. The molecule has 4 heterocycles. The van der Waals surface area contributed by atoms with Gasteiger partial charge in [0.15, 0.2) is 28.4 Å². The lowest BCUT2D eigenvalue weighted by atomic mass is 10.1. The Balaban J connectivity index is 0.897. The van der Waals surface area contributed by atoms with Crippen LogP contribution in [0.25, 0.3) is 0 Å². The van der Waals surface area contributed by atoms with Crippen molar-refractivity contribution in [3.63, 3.8) is 0 Å². The van der Waals surface area contributed by atoms with E-state index in [1.54, 1.807) is 31.4 Å². The molecule has 2 amide bonds. The molecule has 8 rings (SSSR count). The third-order valence-corrected chi connectivity index (χ3v) is 11.5. The van der Waals surface area contributed by atoms with Crippen LogP contribution in [0.4, 0.5) is 22.7 Å². The predicted octanol–water partition coefficient (Wildman–Crippen LogP) is 5.54. The Labute approximate surface area is 307 Å². The van der Waals surface area contributed by atoms with Gasteiger partial charge < -0.3 is 39.4 Å². The van der Waals surface area contributed by atoms with Crippen LogP contribution in [0.15, 0.2) is 72.8 Å². The maximum absolute atomic E-state index is 13.9. The van der Waals surface area contributed by atoms with E-state index in [4.69, 9.17) is 18.9 Å². The van der Waals surface area contributed by atoms with Crippen molar-refractivity contribution >= 4 is 44.7 Å². The molecule has 14 heteroatoms. The molecule has 0 aliphatic carbocycles. The standard InChI is InChI=1S/C39H40N4O9S/c1-49-33-18-26-28(40-22-25-16-23-10-4-6-12-30(23)42(25)38(26)44)20-35(33)51-14-8-3-9-15-52-36-21-29-27(19-34(36)50-2)39(45)43-31-13-7-5-11-24(31)17-32(43)37(41-29)53(46,47)48/h4-7,10-13,18-21,25,32,37,40-41H,3,8-9,14-17,22H2,1-2H3,(H,46,47,48)/t25-,32-,37?/m0/s1. The second-order valence-corrected chi connectivity index (χ2v) is 15.1. The van der Waals surface area contributed by atoms with E-state index >= 15 is 0 Å². The van der Waals surface area contributed by atoms with Gasteiger partial charge in [-0.1, -0.05) is 36.4 Å². The molecular weight excluding hydrogens is 701 g/mol. The monoisotopic (exact) mass is 740 g/mol. The molecule has 3 atom stereocenters. The lowest BCUT2D eigenvalue weighted by Gasteiger charge is -2.27. The van der Waals surface area contributed by atoms with Gasteiger partial charge in [0, 0.05) is 30.1 Å². The van der Waals surface area contributed by atoms with Gasteiger partial charge in [0.25, 0.3) is 21.9 Å². The fourth-order valence-corrected chi connectivity index (χ4v) is 8.74. The average molecular weight is 741 g/mol. The molecule has 0 bridgehead atoms. The number of methoxy groups -OCH3 is 2. The second kappa shape index (κ2) is 13.8. The minimum Gasteiger partial charge on any atom is -0.493 e. The molecule has 4 aromatic rings. The van der Waals surface area contributed by atoms with Crippen LogP contribution in [0.5, 0.6) is 23.0 Å². The maximum Gasteiger partial charge on any atom is 0.288 e. The number of carbonyl (C=O) groups excluding carboxylic acids is 2. The smallest absolute Gasteiger partial charge is 0.288 e. The molecule has 0 aromatic heterocycles. The van der Waals surface area contributed by atoms with Crippen molar-refractivity contribution in [2.45, 2.75) is 49.6 Å². The lowest BCUT2D eigenvalue weighted by Crippen LogP contribution is -2.49. The summed E-state index contributed by atoms with van der Waals surface area (Å²) >= 11 is 0. The van der Waals surface area contributed by atoms with Crippen molar-refractivity contribution in [3.05, 3.63) is 95.1 Å². The molecule has 276 valence electrons. The van der Waals surface area contributed by atoms with Crippen LogP contribution >= 0.6 is 0 Å². The van der Waals surface area contributed by atoms with Gasteiger partial charge in [0.1, 0.15) is 0 Å². The van der Waals surface area contributed by atoms with Gasteiger partial charge in [0.2, 0.25) is 0 Å². The summed E-state index contributed by atoms with van der Waals surface area (Å²) in [5, 5.41) is 4.92. The van der Waals surface area contributed by atoms with Gasteiger partial charge in [-0.25, -0.2) is 0 Å². The maximum atomic E-state index is 13.9. The fourth-order valence-electron chi connectivity index (χ4n) is 7.85. The summed E-state index contributed by atoms with van der Waals surface area (Å²) in [7, 11) is -1.58. The first-order chi connectivity index (χ1) is 25.7. The SMILES string of the molecule is COc1cc2c(cc1OCCCCCOc1cc3c(cc1OC)C(=O)N1c4ccccc4C[C@H]1C(S(=O)(=O)O)N3)NC[C@@H]1Cc3ccccc3N1C2=O. The van der Waals surface area contributed by atoms with Gasteiger partial charge >= 0.3 is 0 Å². The summed E-state index contributed by atoms with van der Waals surface area (Å²) in [5.74, 6) is 1.22. The Hall–Kier alpha value is -5.47. The van der Waals surface area contributed by atoms with Crippen molar-refractivity contribution in [1.82, 2.24) is 0 Å². The predicted molar refractivity (Wildman–Crippen MR) is 200 cm³/mol. The molecule has 0 radical (unpaired) electrons. The highest BCUT2D eigenvalue weighted by molar-refractivity contribution is 7.86. The average Bonchev–Trinajstić information content (AvgIpc) is 3.65. The first kappa shape index (κ1) is 34.6. The van der Waals surface area contributed by atoms with Crippen LogP contribution in [-0.4, -0.2) is 76.2 Å². The topological polar surface area (TPSA) is 156 Å². The number of hydrogen-bond donors (Lipinski definition) is 3. The summed E-state index contributed by atoms with van der Waals surface area (Å²) in [6.45, 7) is 1.36. The highest BCUT2D eigenvalue weighted by Gasteiger charge is 2.47. The number of fused-ring (bicyclic) bond motifs is 8. The van der Waals surface area contributed by atoms with Crippen LogP contribution in [0.3, 0.4) is 0 Å². The zero-order chi connectivity index (χ0) is 36.9. The minimum absolute atomic E-state index is 0.0267. The number of nitrogens with zero attached hydrogens (tertiary/aromatic N) is 2. The third-order valence-electron chi connectivity index (χ3n) is 10.4. The largest absolute Gasteiger partial charge is 0.493 e. The van der Waals surface area contributed by atoms with Gasteiger partial charge in [0.05, 0.1) is 62.0 Å². The molecule has 3 N–H and O–H groups in total. The molecule has 4 aromatic carbocycles. The van der Waals surface area contributed by atoms with Crippen LogP contribution < -0.4 is 39.4 Å². The fraction of sp³-hybridized carbons (Fsp3) is 0.333. The van der Waals surface area contributed by atoms with E-state index in [0.717, 1.165) is 24.1 Å². The number of unbranched alkanes of at least 4 members (excludes halogenated alkanes) is 2. The molecule has 53 heavy (non-hydrogen) atoms. The van der Waals surface area contributed by atoms with Crippen LogP contribution in [0, 0.1) is 0 Å². The number of rotatable bonds is 11. The third kappa shape index (κ3) is 6.25. The van der Waals surface area contributed by atoms with Crippen LogP contribution in [0.2, 0.25) is 0 Å². The normalized spacial score (nSPS) is 19.6. The number of ether oxygens (including phenoxy) is 4. The van der Waals surface area contributed by atoms with Crippen LogP contribution in [0.1, 0.15) is 51.1 Å². The Morgan fingerprint density at radius 2 is 1.26 bits per heavy atom. The van der Waals surface area contributed by atoms with E-state index in [0.29, 0.717) is 72.5 Å². The number of nitrogens with one attached hydrogen (secondary N) is 2. The Kier molecular flexibility index (Phi) is 9.03. The van der Waals surface area contributed by atoms with E-state index < -0.39 is 27.4 Å². The molecule has 4 aliphatic rings. The molecule has 13 nitrogen and oxygen atoms in total. The first-order valence-corrected chi connectivity index (χ1v) is 19.2. The number of hydrogen-bond acceptors (Lipinski definition) is 10. The van der Waals surface area contributed by atoms with Crippen molar-refractivity contribution in [3.8, 4) is 23.0 Å². The number of benzene rings is 4. The van der Waals surface area contributed by atoms with Gasteiger partial charge in [-0.3, -0.25) is 14.1 Å². The lowest BCUT2D eigenvalue weighted by molar-refractivity contribution is 0.0974. The van der Waals surface area contributed by atoms with Gasteiger partial charge in [-0.05, 0) is 67.5 Å². The summed E-state index contributed by atoms with van der Waals surface area (Å²) in [6.07, 6.45) is 3.22. The van der Waals surface area contributed by atoms with Crippen molar-refractivity contribution in [2.75, 3.05) is 54.4 Å². The number of anilines is 4. The summed E-state index contributed by atoms with van der Waals surface area (Å²) in [5.41, 5.74) is 5.23. The molecule has 1 unspecified atom stereocenters. The molecule has 0 saturated carbocycles. The van der Waals surface area contributed by atoms with E-state index in [-0.39, 0.29) is 29.6 Å². The quantitative estimate of drug-likeness (QED) is 0.131. The van der Waals surface area contributed by atoms with Crippen molar-refractivity contribution < 1.29 is 41.5 Å². The number of amides is 2. The first-order valence-electron chi connectivity index (χ1n) is 17.7. The minimum atomic E-state index is -4.61. The Bertz CT molecular complexity index is 2210. The number of carbonyl (C=O) groups is 2. The second-order valence-electron chi connectivity index (χ2n) is 13.6. The molecule has 4 aliphatic heterocycles.